The summed E-state index contributed by atoms with van der Waals surface area (Å²) in [5.74, 6) is 0. The van der Waals surface area contributed by atoms with Crippen LogP contribution < -0.4 is 0 Å². The van der Waals surface area contributed by atoms with Crippen molar-refractivity contribution in [3.63, 3.8) is 0 Å². The van der Waals surface area contributed by atoms with Gasteiger partial charge in [-0.1, -0.05) is 6.07 Å². The van der Waals surface area contributed by atoms with E-state index in [0.717, 1.165) is 26.7 Å². The smallest absolute Gasteiger partial charge is 0.0980 e. The fraction of sp³-hybridized carbons (Fsp3) is 0.200. The van der Waals surface area contributed by atoms with E-state index in [9.17, 15) is 5.11 Å². The molecule has 0 atom stereocenters. The molecule has 0 saturated carbocycles. The van der Waals surface area contributed by atoms with Crippen LogP contribution in [0.15, 0.2) is 35.4 Å². The predicted octanol–water partition coefficient (Wildman–Crippen LogP) is 3.31. The Morgan fingerprint density at radius 1 is 1.21 bits per heavy atom. The summed E-state index contributed by atoms with van der Waals surface area (Å²) in [6.45, 7) is 2.04. The van der Waals surface area contributed by atoms with Gasteiger partial charge in [0.2, 0.25) is 0 Å². The number of thioether (sulfide) groups is 1. The van der Waals surface area contributed by atoms with Crippen molar-refractivity contribution in [1.82, 2.24) is 9.97 Å². The zero-order chi connectivity index (χ0) is 13.4. The number of nitrogens with zero attached hydrogens (tertiary/aromatic N) is 2. The largest absolute Gasteiger partial charge is 0.390 e. The number of hydrogen-bond donors (Lipinski definition) is 1. The van der Waals surface area contributed by atoms with Crippen LogP contribution in [0.2, 0.25) is 0 Å². The Hall–Kier alpha value is -1.65. The molecule has 4 heteroatoms. The third kappa shape index (κ3) is 1.97. The van der Waals surface area contributed by atoms with E-state index in [1.807, 2.05) is 18.4 Å². The van der Waals surface area contributed by atoms with Crippen molar-refractivity contribution in [1.29, 1.82) is 0 Å². The average molecular weight is 270 g/mol. The minimum absolute atomic E-state index is 0.0499. The number of fused-ring (bicyclic) bond motifs is 3. The van der Waals surface area contributed by atoms with Crippen LogP contribution in [-0.4, -0.2) is 21.3 Å². The van der Waals surface area contributed by atoms with Gasteiger partial charge in [0.25, 0.3) is 0 Å². The number of aliphatic hydroxyl groups is 1. The molecule has 2 aromatic heterocycles. The van der Waals surface area contributed by atoms with Gasteiger partial charge in [0.1, 0.15) is 0 Å². The van der Waals surface area contributed by atoms with Crippen LogP contribution in [-0.2, 0) is 6.61 Å². The maximum absolute atomic E-state index is 9.35. The predicted molar refractivity (Wildman–Crippen MR) is 79.5 cm³/mol. The third-order valence-corrected chi connectivity index (χ3v) is 4.05. The fourth-order valence-corrected chi connectivity index (χ4v) is 2.99. The molecule has 3 nitrogen and oxygen atoms in total. The van der Waals surface area contributed by atoms with E-state index in [1.54, 1.807) is 18.0 Å². The van der Waals surface area contributed by atoms with Crippen molar-refractivity contribution >= 4 is 33.6 Å². The molecule has 19 heavy (non-hydrogen) atoms. The van der Waals surface area contributed by atoms with Crippen molar-refractivity contribution in [2.45, 2.75) is 18.4 Å². The molecule has 0 spiro atoms. The summed E-state index contributed by atoms with van der Waals surface area (Å²) in [5, 5.41) is 11.6. The first-order chi connectivity index (χ1) is 9.24. The van der Waals surface area contributed by atoms with Crippen LogP contribution in [0.3, 0.4) is 0 Å². The number of pyridine rings is 2. The molecule has 0 radical (unpaired) electrons. The maximum Gasteiger partial charge on any atom is 0.0980 e. The van der Waals surface area contributed by atoms with Crippen LogP contribution in [0, 0.1) is 6.92 Å². The summed E-state index contributed by atoms with van der Waals surface area (Å²) in [4.78, 5) is 10.1. The highest BCUT2D eigenvalue weighted by molar-refractivity contribution is 7.98. The zero-order valence-electron chi connectivity index (χ0n) is 10.8. The van der Waals surface area contributed by atoms with Gasteiger partial charge in [-0.3, -0.25) is 4.98 Å². The van der Waals surface area contributed by atoms with Crippen LogP contribution in [0.4, 0.5) is 0 Å². The number of benzene rings is 1. The first-order valence-electron chi connectivity index (χ1n) is 6.07. The number of aliphatic hydroxyl groups excluding tert-OH is 1. The standard InChI is InChI=1S/C15H14N2OS/c1-9-6-12-13(19-2)7-10(8-18)17-15(12)14-11(9)4-3-5-16-14/h3-7,18H,8H2,1-2H3. The molecule has 0 aliphatic carbocycles. The monoisotopic (exact) mass is 270 g/mol. The van der Waals surface area contributed by atoms with E-state index < -0.39 is 0 Å². The van der Waals surface area contributed by atoms with Crippen LogP contribution in [0.1, 0.15) is 11.3 Å². The molecule has 3 rings (SSSR count). The Kier molecular flexibility index (Phi) is 3.12. The Bertz CT molecular complexity index is 771. The summed E-state index contributed by atoms with van der Waals surface area (Å²) in [7, 11) is 0. The normalized spacial score (nSPS) is 11.3. The van der Waals surface area contributed by atoms with Crippen LogP contribution >= 0.6 is 11.8 Å². The molecular weight excluding hydrogens is 256 g/mol. The minimum Gasteiger partial charge on any atom is -0.390 e. The second kappa shape index (κ2) is 4.79. The van der Waals surface area contributed by atoms with E-state index in [4.69, 9.17) is 0 Å². The van der Waals surface area contributed by atoms with Crippen molar-refractivity contribution in [3.8, 4) is 0 Å². The van der Waals surface area contributed by atoms with Gasteiger partial charge in [-0.25, -0.2) is 4.98 Å². The van der Waals surface area contributed by atoms with Gasteiger partial charge in [0, 0.05) is 21.9 Å². The van der Waals surface area contributed by atoms with Gasteiger partial charge in [-0.05, 0) is 36.9 Å². The summed E-state index contributed by atoms with van der Waals surface area (Å²) < 4.78 is 0. The SMILES string of the molecule is CSc1cc(CO)nc2c1cc(C)c1cccnc12. The fourth-order valence-electron chi connectivity index (χ4n) is 2.36. The first-order valence-corrected chi connectivity index (χ1v) is 7.30. The van der Waals surface area contributed by atoms with Crippen molar-refractivity contribution in [3.05, 3.63) is 41.7 Å². The van der Waals surface area contributed by atoms with Crippen molar-refractivity contribution in [2.24, 2.45) is 0 Å². The summed E-state index contributed by atoms with van der Waals surface area (Å²) in [6, 6.07) is 8.09. The van der Waals surface area contributed by atoms with Gasteiger partial charge in [0.15, 0.2) is 0 Å². The quantitative estimate of drug-likeness (QED) is 0.573. The van der Waals surface area contributed by atoms with Gasteiger partial charge < -0.3 is 5.11 Å². The second-order valence-electron chi connectivity index (χ2n) is 4.46. The highest BCUT2D eigenvalue weighted by Gasteiger charge is 2.11. The summed E-state index contributed by atoms with van der Waals surface area (Å²) >= 11 is 1.67. The molecule has 0 aliphatic heterocycles. The molecule has 0 saturated heterocycles. The lowest BCUT2D eigenvalue weighted by molar-refractivity contribution is 0.277. The highest BCUT2D eigenvalue weighted by Crippen LogP contribution is 2.32. The molecule has 0 fully saturated rings. The molecule has 0 bridgehead atoms. The molecule has 96 valence electrons. The van der Waals surface area contributed by atoms with Crippen LogP contribution in [0.25, 0.3) is 21.8 Å². The lowest BCUT2D eigenvalue weighted by Gasteiger charge is -2.10. The maximum atomic E-state index is 9.35. The Morgan fingerprint density at radius 2 is 2.05 bits per heavy atom. The minimum atomic E-state index is -0.0499. The Labute approximate surface area is 115 Å². The van der Waals surface area contributed by atoms with Gasteiger partial charge >= 0.3 is 0 Å². The van der Waals surface area contributed by atoms with Crippen molar-refractivity contribution < 1.29 is 5.11 Å². The Balaban J connectivity index is 2.53. The molecule has 0 aliphatic rings. The molecule has 3 aromatic rings. The molecular formula is C15H14N2OS. The molecule has 1 aromatic carbocycles. The van der Waals surface area contributed by atoms with E-state index >= 15 is 0 Å². The average Bonchev–Trinajstić information content (AvgIpc) is 2.47. The lowest BCUT2D eigenvalue weighted by atomic mass is 10.0. The topological polar surface area (TPSA) is 46.0 Å². The zero-order valence-corrected chi connectivity index (χ0v) is 11.7. The second-order valence-corrected chi connectivity index (χ2v) is 5.31. The van der Waals surface area contributed by atoms with Crippen LogP contribution in [0.5, 0.6) is 0 Å². The number of aromatic nitrogens is 2. The van der Waals surface area contributed by atoms with E-state index in [-0.39, 0.29) is 6.61 Å². The highest BCUT2D eigenvalue weighted by atomic mass is 32.2. The number of aryl methyl sites for hydroxylation is 1. The number of hydrogen-bond acceptors (Lipinski definition) is 4. The first kappa shape index (κ1) is 12.4. The molecule has 1 N–H and O–H groups in total. The lowest BCUT2D eigenvalue weighted by Crippen LogP contribution is -1.95. The summed E-state index contributed by atoms with van der Waals surface area (Å²) in [5.41, 5.74) is 3.66. The van der Waals surface area contributed by atoms with Crippen molar-refractivity contribution in [2.75, 3.05) is 6.26 Å². The third-order valence-electron chi connectivity index (χ3n) is 3.27. The molecule has 2 heterocycles. The Morgan fingerprint density at radius 3 is 2.79 bits per heavy atom. The number of rotatable bonds is 2. The van der Waals surface area contributed by atoms with E-state index in [1.165, 1.54) is 5.56 Å². The molecule has 0 amide bonds. The van der Waals surface area contributed by atoms with Gasteiger partial charge in [0.05, 0.1) is 23.3 Å². The summed E-state index contributed by atoms with van der Waals surface area (Å²) in [6.07, 6.45) is 3.82. The molecule has 0 unspecified atom stereocenters. The van der Waals surface area contributed by atoms with Gasteiger partial charge in [-0.15, -0.1) is 11.8 Å². The van der Waals surface area contributed by atoms with Gasteiger partial charge in [-0.2, -0.15) is 0 Å². The van der Waals surface area contributed by atoms with E-state index in [2.05, 4.69) is 29.0 Å². The van der Waals surface area contributed by atoms with E-state index in [0.29, 0.717) is 5.69 Å².